The molecule has 0 saturated carbocycles. The number of aliphatic hydroxyl groups excluding tert-OH is 1. The van der Waals surface area contributed by atoms with Crippen molar-refractivity contribution in [1.29, 1.82) is 0 Å². The molecule has 1 fully saturated rings. The Morgan fingerprint density at radius 2 is 2.27 bits per heavy atom. The standard InChI is InChI=1S/C21H25NO4/c1-3-4-17(24)25-16-8-5-12-11-14-13-6-7-15(23)20-21(13,9-10-22(14)2)18(12)19(16)26-20/h5-8,13-15,20,23H,3-4,9-11H2,1-2H3/t13-,14+,15-,20-,21-/m0/s1. The summed E-state index contributed by atoms with van der Waals surface area (Å²) in [6, 6.07) is 4.38. The zero-order valence-corrected chi connectivity index (χ0v) is 15.3. The Hall–Kier alpha value is -1.85. The number of ether oxygens (including phenoxy) is 2. The second-order valence-electron chi connectivity index (χ2n) is 8.13. The number of likely N-dealkylation sites (tertiary alicyclic amines) is 1. The molecular weight excluding hydrogens is 330 g/mol. The van der Waals surface area contributed by atoms with Gasteiger partial charge in [0.2, 0.25) is 0 Å². The minimum absolute atomic E-state index is 0.207. The monoisotopic (exact) mass is 355 g/mol. The van der Waals surface area contributed by atoms with Gasteiger partial charge in [-0.2, -0.15) is 0 Å². The van der Waals surface area contributed by atoms with E-state index in [1.165, 1.54) is 11.1 Å². The highest BCUT2D eigenvalue weighted by atomic mass is 16.6. The SMILES string of the molecule is CCCC(=O)Oc1ccc2c3c1O[C@H]1[C@@H](O)C=C[C@H]4[C@@H](C2)N(C)CC[C@@]341. The summed E-state index contributed by atoms with van der Waals surface area (Å²) in [7, 11) is 2.19. The summed E-state index contributed by atoms with van der Waals surface area (Å²) in [5.41, 5.74) is 2.25. The Balaban J connectivity index is 1.67. The van der Waals surface area contributed by atoms with Crippen LogP contribution in [-0.2, 0) is 16.6 Å². The van der Waals surface area contributed by atoms with Crippen LogP contribution in [0.4, 0.5) is 0 Å². The van der Waals surface area contributed by atoms with Crippen molar-refractivity contribution in [2.75, 3.05) is 13.6 Å². The highest BCUT2D eigenvalue weighted by molar-refractivity contribution is 5.74. The number of hydrogen-bond donors (Lipinski definition) is 1. The number of rotatable bonds is 3. The van der Waals surface area contributed by atoms with E-state index in [4.69, 9.17) is 9.47 Å². The molecule has 5 rings (SSSR count). The molecule has 2 aliphatic heterocycles. The largest absolute Gasteiger partial charge is 0.482 e. The highest BCUT2D eigenvalue weighted by Gasteiger charge is 2.64. The minimum atomic E-state index is -0.632. The van der Waals surface area contributed by atoms with E-state index in [0.29, 0.717) is 29.9 Å². The van der Waals surface area contributed by atoms with Crippen LogP contribution in [0.25, 0.3) is 0 Å². The molecule has 1 N–H and O–H groups in total. The maximum Gasteiger partial charge on any atom is 0.311 e. The van der Waals surface area contributed by atoms with E-state index in [2.05, 4.69) is 24.1 Å². The Morgan fingerprint density at radius 3 is 3.08 bits per heavy atom. The summed E-state index contributed by atoms with van der Waals surface area (Å²) in [4.78, 5) is 14.5. The van der Waals surface area contributed by atoms with Crippen LogP contribution >= 0.6 is 0 Å². The minimum Gasteiger partial charge on any atom is -0.482 e. The van der Waals surface area contributed by atoms with E-state index < -0.39 is 6.10 Å². The normalized spacial score (nSPS) is 36.4. The van der Waals surface area contributed by atoms with Gasteiger partial charge in [-0.3, -0.25) is 4.79 Å². The third-order valence-electron chi connectivity index (χ3n) is 6.81. The molecule has 4 aliphatic rings. The molecule has 1 aromatic carbocycles. The maximum absolute atomic E-state index is 12.1. The lowest BCUT2D eigenvalue weighted by Crippen LogP contribution is -2.64. The van der Waals surface area contributed by atoms with Crippen molar-refractivity contribution in [3.63, 3.8) is 0 Å². The fourth-order valence-electron chi connectivity index (χ4n) is 5.69. The Bertz CT molecular complexity index is 803. The molecule has 2 aliphatic carbocycles. The smallest absolute Gasteiger partial charge is 0.311 e. The van der Waals surface area contributed by atoms with E-state index in [1.54, 1.807) is 0 Å². The van der Waals surface area contributed by atoms with E-state index in [-0.39, 0.29) is 17.5 Å². The van der Waals surface area contributed by atoms with Gasteiger partial charge in [0.15, 0.2) is 11.5 Å². The summed E-state index contributed by atoms with van der Waals surface area (Å²) in [5.74, 6) is 1.29. The van der Waals surface area contributed by atoms with Crippen molar-refractivity contribution in [1.82, 2.24) is 4.90 Å². The van der Waals surface area contributed by atoms with Crippen LogP contribution in [-0.4, -0.2) is 47.8 Å². The van der Waals surface area contributed by atoms with E-state index in [0.717, 1.165) is 25.8 Å². The first kappa shape index (κ1) is 16.3. The summed E-state index contributed by atoms with van der Waals surface area (Å²) in [5, 5.41) is 10.7. The maximum atomic E-state index is 12.1. The lowest BCUT2D eigenvalue weighted by Gasteiger charge is -2.56. The fourth-order valence-corrected chi connectivity index (χ4v) is 5.69. The molecule has 0 unspecified atom stereocenters. The van der Waals surface area contributed by atoms with Crippen LogP contribution in [0.5, 0.6) is 11.5 Å². The molecule has 26 heavy (non-hydrogen) atoms. The molecule has 1 saturated heterocycles. The Kier molecular flexibility index (Phi) is 3.50. The molecule has 5 heteroatoms. The fraction of sp³-hybridized carbons (Fsp3) is 0.571. The number of nitrogens with zero attached hydrogens (tertiary/aromatic N) is 1. The van der Waals surface area contributed by atoms with Crippen molar-refractivity contribution in [3.05, 3.63) is 35.4 Å². The number of carbonyl (C=O) groups is 1. The van der Waals surface area contributed by atoms with Crippen LogP contribution in [0.2, 0.25) is 0 Å². The average molecular weight is 355 g/mol. The van der Waals surface area contributed by atoms with E-state index in [9.17, 15) is 9.90 Å². The van der Waals surface area contributed by atoms with Gasteiger partial charge < -0.3 is 19.5 Å². The first-order valence-corrected chi connectivity index (χ1v) is 9.66. The Labute approximate surface area is 153 Å². The summed E-state index contributed by atoms with van der Waals surface area (Å²) in [6.07, 6.45) is 6.21. The predicted octanol–water partition coefficient (Wildman–Crippen LogP) is 2.20. The predicted molar refractivity (Wildman–Crippen MR) is 96.5 cm³/mol. The molecule has 0 aromatic heterocycles. The lowest BCUT2D eigenvalue weighted by atomic mass is 9.53. The van der Waals surface area contributed by atoms with Crippen LogP contribution in [0.3, 0.4) is 0 Å². The third-order valence-corrected chi connectivity index (χ3v) is 6.81. The zero-order valence-electron chi connectivity index (χ0n) is 15.3. The number of likely N-dealkylation sites (N-methyl/N-ethyl adjacent to an activating group) is 1. The van der Waals surface area contributed by atoms with Crippen LogP contribution in [0.1, 0.15) is 37.3 Å². The van der Waals surface area contributed by atoms with Crippen molar-refractivity contribution in [2.45, 2.75) is 56.3 Å². The molecular formula is C21H25NO4. The molecule has 5 nitrogen and oxygen atoms in total. The van der Waals surface area contributed by atoms with Gasteiger partial charge >= 0.3 is 5.97 Å². The molecule has 2 bridgehead atoms. The van der Waals surface area contributed by atoms with Crippen molar-refractivity contribution >= 4 is 5.97 Å². The second-order valence-corrected chi connectivity index (χ2v) is 8.13. The number of aliphatic hydroxyl groups is 1. The summed E-state index contributed by atoms with van der Waals surface area (Å²) < 4.78 is 12.0. The topological polar surface area (TPSA) is 59.0 Å². The first-order valence-electron chi connectivity index (χ1n) is 9.66. The van der Waals surface area contributed by atoms with Gasteiger partial charge in [0.25, 0.3) is 0 Å². The molecule has 1 spiro atoms. The van der Waals surface area contributed by atoms with Gasteiger partial charge in [-0.1, -0.05) is 25.1 Å². The Morgan fingerprint density at radius 1 is 1.42 bits per heavy atom. The number of piperidine rings is 1. The van der Waals surface area contributed by atoms with Crippen LogP contribution < -0.4 is 9.47 Å². The first-order chi connectivity index (χ1) is 12.6. The van der Waals surface area contributed by atoms with E-state index in [1.807, 2.05) is 19.1 Å². The highest BCUT2D eigenvalue weighted by Crippen LogP contribution is 2.62. The second kappa shape index (κ2) is 5.57. The molecule has 1 aromatic rings. The van der Waals surface area contributed by atoms with Gasteiger partial charge in [-0.15, -0.1) is 0 Å². The summed E-state index contributed by atoms with van der Waals surface area (Å²) in [6.45, 7) is 2.95. The molecule has 0 amide bonds. The van der Waals surface area contributed by atoms with Gasteiger partial charge in [-0.05, 0) is 44.5 Å². The van der Waals surface area contributed by atoms with E-state index >= 15 is 0 Å². The molecule has 0 radical (unpaired) electrons. The quantitative estimate of drug-likeness (QED) is 0.512. The third kappa shape index (κ3) is 1.96. The average Bonchev–Trinajstić information content (AvgIpc) is 2.97. The molecule has 2 heterocycles. The molecule has 138 valence electrons. The van der Waals surface area contributed by atoms with Gasteiger partial charge in [-0.25, -0.2) is 0 Å². The van der Waals surface area contributed by atoms with Crippen LogP contribution in [0, 0.1) is 5.92 Å². The lowest BCUT2D eigenvalue weighted by molar-refractivity contribution is -0.134. The molecule has 5 atom stereocenters. The van der Waals surface area contributed by atoms with Crippen LogP contribution in [0.15, 0.2) is 24.3 Å². The number of carbonyl (C=O) groups excluding carboxylic acids is 1. The van der Waals surface area contributed by atoms with Crippen molar-refractivity contribution in [3.8, 4) is 11.5 Å². The van der Waals surface area contributed by atoms with Crippen molar-refractivity contribution in [2.24, 2.45) is 5.92 Å². The van der Waals surface area contributed by atoms with Gasteiger partial charge in [0, 0.05) is 29.4 Å². The van der Waals surface area contributed by atoms with Gasteiger partial charge in [0.1, 0.15) is 12.2 Å². The number of esters is 1. The number of benzene rings is 1. The van der Waals surface area contributed by atoms with Crippen molar-refractivity contribution < 1.29 is 19.4 Å². The zero-order chi connectivity index (χ0) is 18.1. The summed E-state index contributed by atoms with van der Waals surface area (Å²) >= 11 is 0. The number of hydrogen-bond acceptors (Lipinski definition) is 5. The van der Waals surface area contributed by atoms with Gasteiger partial charge in [0.05, 0.1) is 0 Å².